The Kier molecular flexibility index (Phi) is 6.40. The van der Waals surface area contributed by atoms with Crippen molar-refractivity contribution in [2.24, 2.45) is 0 Å². The van der Waals surface area contributed by atoms with Gasteiger partial charge in [-0.2, -0.15) is 9.97 Å². The molecule has 2 N–H and O–H groups in total. The van der Waals surface area contributed by atoms with Crippen molar-refractivity contribution in [2.45, 2.75) is 55.9 Å². The number of terminal acetylenes is 1. The monoisotopic (exact) mass is 599 g/mol. The van der Waals surface area contributed by atoms with Crippen molar-refractivity contribution < 1.29 is 23.0 Å². The Morgan fingerprint density at radius 3 is 2.77 bits per heavy atom. The van der Waals surface area contributed by atoms with Crippen LogP contribution in [0.5, 0.6) is 11.8 Å². The molecule has 0 amide bonds. The average molecular weight is 600 g/mol. The van der Waals surface area contributed by atoms with Crippen LogP contribution < -0.4 is 15.0 Å². The number of halogens is 3. The zero-order valence-electron chi connectivity index (χ0n) is 24.1. The van der Waals surface area contributed by atoms with Crippen LogP contribution in [-0.2, 0) is 0 Å². The van der Waals surface area contributed by atoms with Gasteiger partial charge in [-0.1, -0.05) is 18.1 Å². The lowest BCUT2D eigenvalue weighted by molar-refractivity contribution is 0.107. The zero-order chi connectivity index (χ0) is 30.2. The number of nitrogens with one attached hydrogen (secondary N) is 1. The minimum Gasteiger partial charge on any atom is -0.508 e. The Hall–Kier alpha value is -4.07. The molecule has 9 rings (SSSR count). The Bertz CT molecular complexity index is 1850. The van der Waals surface area contributed by atoms with Crippen molar-refractivity contribution in [2.75, 3.05) is 37.7 Å². The molecular weight excluding hydrogens is 567 g/mol. The third kappa shape index (κ3) is 4.28. The standard InChI is InChI=1S/C34H32F3N5O2/c1-2-24-28(36)9-4-19-12-23(43)13-27(29(19)24)25-7-8-26-31(30(25)37)39-33(40-32(26)42-17-21-5-6-22(42)15-38-21)44-18-34-10-3-11-41(34)16-20(35)14-34/h1,4,7-9,12-13,20-22,38,43H,3,5-6,10-11,14-18H2/t20-,21?,22?,34+/m1/s1. The fraction of sp³-hybridized carbons (Fsp3) is 0.412. The van der Waals surface area contributed by atoms with E-state index in [0.717, 1.165) is 45.3 Å². The van der Waals surface area contributed by atoms with Crippen molar-refractivity contribution >= 4 is 27.5 Å². The molecule has 7 nitrogen and oxygen atoms in total. The maximum Gasteiger partial charge on any atom is 0.319 e. The topological polar surface area (TPSA) is 73.8 Å². The Labute approximate surface area is 253 Å². The van der Waals surface area contributed by atoms with Crippen molar-refractivity contribution in [1.82, 2.24) is 20.2 Å². The molecule has 0 saturated carbocycles. The number of aromatic nitrogens is 2. The molecule has 1 aromatic heterocycles. The normalized spacial score (nSPS) is 26.4. The lowest BCUT2D eigenvalue weighted by atomic mass is 9.92. The summed E-state index contributed by atoms with van der Waals surface area (Å²) in [6, 6.07) is 9.53. The van der Waals surface area contributed by atoms with Crippen LogP contribution in [0.1, 0.15) is 37.7 Å². The van der Waals surface area contributed by atoms with Gasteiger partial charge < -0.3 is 20.1 Å². The number of phenolic OH excluding ortho intramolecular Hbond substituents is 1. The van der Waals surface area contributed by atoms with Crippen LogP contribution in [0, 0.1) is 24.0 Å². The highest BCUT2D eigenvalue weighted by molar-refractivity contribution is 6.04. The lowest BCUT2D eigenvalue weighted by Gasteiger charge is -2.46. The van der Waals surface area contributed by atoms with Crippen LogP contribution in [0.25, 0.3) is 32.8 Å². The zero-order valence-corrected chi connectivity index (χ0v) is 24.1. The highest BCUT2D eigenvalue weighted by atomic mass is 19.1. The van der Waals surface area contributed by atoms with E-state index in [2.05, 4.69) is 26.0 Å². The molecule has 5 saturated heterocycles. The number of phenols is 1. The molecule has 2 unspecified atom stereocenters. The molecular formula is C34H32F3N5O2. The highest BCUT2D eigenvalue weighted by Crippen LogP contribution is 2.43. The van der Waals surface area contributed by atoms with E-state index in [9.17, 15) is 13.9 Å². The summed E-state index contributed by atoms with van der Waals surface area (Å²) in [4.78, 5) is 13.8. The number of piperidine rings is 2. The Balaban J connectivity index is 1.29. The Morgan fingerprint density at radius 2 is 2.00 bits per heavy atom. The largest absolute Gasteiger partial charge is 0.508 e. The fourth-order valence-corrected chi connectivity index (χ4v) is 8.01. The van der Waals surface area contributed by atoms with Crippen LogP contribution in [0.2, 0.25) is 0 Å². The number of hydrogen-bond acceptors (Lipinski definition) is 7. The molecule has 4 atom stereocenters. The van der Waals surface area contributed by atoms with E-state index in [4.69, 9.17) is 16.1 Å². The molecule has 5 aliphatic rings. The number of nitrogens with zero attached hydrogens (tertiary/aromatic N) is 4. The van der Waals surface area contributed by atoms with E-state index in [0.29, 0.717) is 41.0 Å². The molecule has 226 valence electrons. The van der Waals surface area contributed by atoms with Crippen molar-refractivity contribution in [3.63, 3.8) is 0 Å². The maximum atomic E-state index is 16.8. The smallest absolute Gasteiger partial charge is 0.319 e. The van der Waals surface area contributed by atoms with E-state index in [1.165, 1.54) is 24.3 Å². The van der Waals surface area contributed by atoms with Gasteiger partial charge in [-0.05, 0) is 67.4 Å². The third-order valence-corrected chi connectivity index (χ3v) is 10.1. The van der Waals surface area contributed by atoms with Gasteiger partial charge in [-0.3, -0.25) is 4.90 Å². The van der Waals surface area contributed by atoms with Crippen LogP contribution in [-0.4, -0.2) is 76.6 Å². The van der Waals surface area contributed by atoms with Crippen LogP contribution in [0.15, 0.2) is 36.4 Å². The minimum atomic E-state index is -0.904. The summed E-state index contributed by atoms with van der Waals surface area (Å²) in [5.41, 5.74) is 0.0143. The maximum absolute atomic E-state index is 16.8. The number of anilines is 1. The fourth-order valence-electron chi connectivity index (χ4n) is 8.01. The number of ether oxygens (including phenoxy) is 1. The molecule has 5 aliphatic heterocycles. The van der Waals surface area contributed by atoms with Gasteiger partial charge >= 0.3 is 6.01 Å². The second-order valence-electron chi connectivity index (χ2n) is 12.7. The second-order valence-corrected chi connectivity index (χ2v) is 12.7. The van der Waals surface area contributed by atoms with Gasteiger partial charge in [0, 0.05) is 54.5 Å². The average Bonchev–Trinajstić information content (AvgIpc) is 3.56. The number of alkyl halides is 1. The first kappa shape index (κ1) is 27.5. The van der Waals surface area contributed by atoms with Crippen molar-refractivity contribution in [3.8, 4) is 35.2 Å². The number of hydrogen-bond donors (Lipinski definition) is 2. The summed E-state index contributed by atoms with van der Waals surface area (Å²) in [6.07, 6.45) is 9.03. The highest BCUT2D eigenvalue weighted by Gasteiger charge is 2.49. The van der Waals surface area contributed by atoms with Gasteiger partial charge in [-0.15, -0.1) is 6.42 Å². The predicted octanol–water partition coefficient (Wildman–Crippen LogP) is 5.31. The molecule has 5 fully saturated rings. The number of aromatic hydroxyl groups is 1. The van der Waals surface area contributed by atoms with E-state index in [1.54, 1.807) is 12.1 Å². The first-order valence-electron chi connectivity index (χ1n) is 15.3. The van der Waals surface area contributed by atoms with Gasteiger partial charge in [0.25, 0.3) is 0 Å². The first-order chi connectivity index (χ1) is 21.3. The van der Waals surface area contributed by atoms with E-state index >= 15 is 4.39 Å². The first-order valence-corrected chi connectivity index (χ1v) is 15.3. The molecule has 3 aromatic carbocycles. The summed E-state index contributed by atoms with van der Waals surface area (Å²) in [5.74, 6) is 1.63. The summed E-state index contributed by atoms with van der Waals surface area (Å²) in [6.45, 7) is 2.97. The van der Waals surface area contributed by atoms with Gasteiger partial charge in [0.15, 0.2) is 5.82 Å². The molecule has 2 bridgehead atoms. The van der Waals surface area contributed by atoms with Gasteiger partial charge in [-0.25, -0.2) is 13.2 Å². The minimum absolute atomic E-state index is 0.00987. The number of benzene rings is 3. The second kappa shape index (κ2) is 10.2. The molecule has 44 heavy (non-hydrogen) atoms. The molecule has 0 spiro atoms. The van der Waals surface area contributed by atoms with Gasteiger partial charge in [0.05, 0.1) is 11.1 Å². The molecule has 0 radical (unpaired) electrons. The lowest BCUT2D eigenvalue weighted by Crippen LogP contribution is -2.61. The van der Waals surface area contributed by atoms with E-state index in [-0.39, 0.29) is 46.6 Å². The number of piperazine rings is 1. The summed E-state index contributed by atoms with van der Waals surface area (Å²) < 4.78 is 52.3. The van der Waals surface area contributed by atoms with Crippen LogP contribution in [0.4, 0.5) is 19.0 Å². The Morgan fingerprint density at radius 1 is 1.11 bits per heavy atom. The summed E-state index contributed by atoms with van der Waals surface area (Å²) in [5, 5.41) is 15.4. The number of rotatable bonds is 5. The van der Waals surface area contributed by atoms with E-state index < -0.39 is 23.3 Å². The predicted molar refractivity (Wildman–Crippen MR) is 163 cm³/mol. The van der Waals surface area contributed by atoms with Crippen LogP contribution >= 0.6 is 0 Å². The SMILES string of the molecule is C#Cc1c(F)ccc2cc(O)cc(-c3ccc4c(N5CC6CCC5CN6)nc(OC[C@@]56CCCN5C[C@H](F)C6)nc4c3F)c12. The molecule has 10 heteroatoms. The molecule has 0 aliphatic carbocycles. The van der Waals surface area contributed by atoms with Gasteiger partial charge in [0.1, 0.15) is 35.7 Å². The van der Waals surface area contributed by atoms with Gasteiger partial charge in [0.2, 0.25) is 0 Å². The summed E-state index contributed by atoms with van der Waals surface area (Å²) >= 11 is 0. The van der Waals surface area contributed by atoms with Crippen LogP contribution in [0.3, 0.4) is 0 Å². The van der Waals surface area contributed by atoms with E-state index in [1.807, 2.05) is 0 Å². The number of fused-ring (bicyclic) bond motifs is 6. The molecule has 6 heterocycles. The molecule has 4 aromatic rings. The van der Waals surface area contributed by atoms with Crippen molar-refractivity contribution in [3.05, 3.63) is 53.6 Å². The summed E-state index contributed by atoms with van der Waals surface area (Å²) in [7, 11) is 0. The third-order valence-electron chi connectivity index (χ3n) is 10.1. The quantitative estimate of drug-likeness (QED) is 0.301. The van der Waals surface area contributed by atoms with Crippen molar-refractivity contribution in [1.29, 1.82) is 0 Å².